The first-order valence-electron chi connectivity index (χ1n) is 10.1. The Morgan fingerprint density at radius 1 is 0.971 bits per heavy atom. The van der Waals surface area contributed by atoms with Crippen LogP contribution in [0.3, 0.4) is 0 Å². The van der Waals surface area contributed by atoms with E-state index in [0.29, 0.717) is 27.9 Å². The van der Waals surface area contributed by atoms with Gasteiger partial charge in [-0.2, -0.15) is 23.4 Å². The molecule has 4 aromatic heterocycles. The normalized spacial score (nSPS) is 12.9. The minimum atomic E-state index is -4.67. The van der Waals surface area contributed by atoms with Crippen LogP contribution >= 0.6 is 0 Å². The number of hydrogen-bond donors (Lipinski definition) is 1. The molecule has 8 nitrogen and oxygen atoms in total. The van der Waals surface area contributed by atoms with Crippen LogP contribution in [0.15, 0.2) is 55.4 Å². The number of anilines is 1. The zero-order valence-electron chi connectivity index (χ0n) is 17.9. The van der Waals surface area contributed by atoms with Gasteiger partial charge in [-0.05, 0) is 23.8 Å². The highest BCUT2D eigenvalue weighted by Gasteiger charge is 2.34. The molecule has 35 heavy (non-hydrogen) atoms. The van der Waals surface area contributed by atoms with Crippen LogP contribution in [0.4, 0.5) is 27.8 Å². The van der Waals surface area contributed by atoms with Crippen LogP contribution in [0.2, 0.25) is 0 Å². The van der Waals surface area contributed by atoms with E-state index in [1.54, 1.807) is 12.3 Å². The molecule has 0 bridgehead atoms. The molecular weight excluding hydrogens is 471 g/mol. The van der Waals surface area contributed by atoms with Gasteiger partial charge in [-0.1, -0.05) is 6.92 Å². The summed E-state index contributed by atoms with van der Waals surface area (Å²) in [5.41, 5.74) is 8.52. The second-order valence-corrected chi connectivity index (χ2v) is 7.72. The maximum absolute atomic E-state index is 14.2. The number of fused-ring (bicyclic) bond motifs is 1. The maximum atomic E-state index is 14.2. The molecule has 0 spiro atoms. The van der Waals surface area contributed by atoms with Crippen molar-refractivity contribution >= 4 is 11.3 Å². The number of alkyl halides is 3. The molecule has 5 rings (SSSR count). The Hall–Kier alpha value is -4.42. The monoisotopic (exact) mass is 486 g/mol. The summed E-state index contributed by atoms with van der Waals surface area (Å²) >= 11 is 0. The lowest BCUT2D eigenvalue weighted by atomic mass is 10.0. The summed E-state index contributed by atoms with van der Waals surface area (Å²) in [6, 6.07) is 4.86. The first-order chi connectivity index (χ1) is 16.6. The lowest BCUT2D eigenvalue weighted by Gasteiger charge is -2.09. The van der Waals surface area contributed by atoms with Crippen molar-refractivity contribution in [3.63, 3.8) is 0 Å². The Labute approximate surface area is 193 Å². The smallest absolute Gasteiger partial charge is 0.382 e. The van der Waals surface area contributed by atoms with E-state index in [0.717, 1.165) is 24.5 Å². The van der Waals surface area contributed by atoms with E-state index < -0.39 is 23.6 Å². The molecule has 4 heterocycles. The third-order valence-electron chi connectivity index (χ3n) is 5.53. The van der Waals surface area contributed by atoms with Crippen molar-refractivity contribution in [2.24, 2.45) is 0 Å². The number of rotatable bonds is 4. The first kappa shape index (κ1) is 22.4. The quantitative estimate of drug-likeness (QED) is 0.378. The van der Waals surface area contributed by atoms with Crippen molar-refractivity contribution in [3.05, 3.63) is 84.1 Å². The maximum Gasteiger partial charge on any atom is 0.451 e. The SMILES string of the molecule is CC(c1cnn(-c2ccc(F)cc2F)c1)c1cc(-c2cnc(C(F)(F)F)nc2)c2c(N)ncnn12. The van der Waals surface area contributed by atoms with Gasteiger partial charge in [-0.3, -0.25) is 0 Å². The standard InChI is InChI=1S/C22H15F5N8/c1-11(13-8-32-34(9-13)17-3-2-14(23)4-16(17)24)18-5-15(19-20(28)31-10-33-35(18)19)12-6-29-21(30-7-12)22(25,26)27/h2-11H,1H3,(H2,28,31,33). The zero-order chi connectivity index (χ0) is 24.9. The molecule has 1 unspecified atom stereocenters. The summed E-state index contributed by atoms with van der Waals surface area (Å²) in [5, 5.41) is 8.44. The molecular formula is C22H15F5N8. The Bertz CT molecular complexity index is 1540. The third kappa shape index (κ3) is 3.94. The molecule has 0 aliphatic carbocycles. The Morgan fingerprint density at radius 2 is 1.71 bits per heavy atom. The molecule has 0 saturated carbocycles. The van der Waals surface area contributed by atoms with Crippen molar-refractivity contribution in [2.45, 2.75) is 19.0 Å². The first-order valence-corrected chi connectivity index (χ1v) is 10.1. The molecule has 5 aromatic rings. The van der Waals surface area contributed by atoms with Crippen LogP contribution in [-0.2, 0) is 6.18 Å². The van der Waals surface area contributed by atoms with Gasteiger partial charge in [-0.15, -0.1) is 0 Å². The van der Waals surface area contributed by atoms with Gasteiger partial charge < -0.3 is 5.73 Å². The summed E-state index contributed by atoms with van der Waals surface area (Å²) in [5.74, 6) is -2.99. The fourth-order valence-corrected chi connectivity index (χ4v) is 3.76. The molecule has 0 aliphatic heterocycles. The largest absolute Gasteiger partial charge is 0.451 e. The minimum Gasteiger partial charge on any atom is -0.382 e. The van der Waals surface area contributed by atoms with E-state index in [9.17, 15) is 22.0 Å². The van der Waals surface area contributed by atoms with Crippen molar-refractivity contribution < 1.29 is 22.0 Å². The second kappa shape index (κ2) is 8.11. The van der Waals surface area contributed by atoms with E-state index in [1.807, 2.05) is 6.92 Å². The highest BCUT2D eigenvalue weighted by atomic mass is 19.4. The minimum absolute atomic E-state index is 0.0685. The Kier molecular flexibility index (Phi) is 5.19. The van der Waals surface area contributed by atoms with Crippen molar-refractivity contribution in [3.8, 4) is 16.8 Å². The van der Waals surface area contributed by atoms with Crippen molar-refractivity contribution in [2.75, 3.05) is 5.73 Å². The number of hydrogen-bond acceptors (Lipinski definition) is 6. The van der Waals surface area contributed by atoms with Crippen LogP contribution < -0.4 is 5.73 Å². The zero-order valence-corrected chi connectivity index (χ0v) is 17.9. The van der Waals surface area contributed by atoms with Crippen LogP contribution in [0.1, 0.15) is 29.9 Å². The summed E-state index contributed by atoms with van der Waals surface area (Å²) < 4.78 is 68.9. The van der Waals surface area contributed by atoms with Gasteiger partial charge in [0.05, 0.1) is 11.9 Å². The van der Waals surface area contributed by atoms with Crippen molar-refractivity contribution in [1.82, 2.24) is 34.3 Å². The second-order valence-electron chi connectivity index (χ2n) is 7.72. The van der Waals surface area contributed by atoms with Gasteiger partial charge in [0.25, 0.3) is 0 Å². The summed E-state index contributed by atoms with van der Waals surface area (Å²) in [7, 11) is 0. The van der Waals surface area contributed by atoms with Crippen LogP contribution in [0.25, 0.3) is 22.3 Å². The molecule has 13 heteroatoms. The van der Waals surface area contributed by atoms with Crippen LogP contribution in [-0.4, -0.2) is 34.3 Å². The molecule has 0 saturated heterocycles. The van der Waals surface area contributed by atoms with E-state index >= 15 is 0 Å². The van der Waals surface area contributed by atoms with Gasteiger partial charge in [0.2, 0.25) is 5.82 Å². The molecule has 1 atom stereocenters. The van der Waals surface area contributed by atoms with Crippen molar-refractivity contribution in [1.29, 1.82) is 0 Å². The summed E-state index contributed by atoms with van der Waals surface area (Å²) in [6.45, 7) is 1.84. The summed E-state index contributed by atoms with van der Waals surface area (Å²) in [4.78, 5) is 10.8. The van der Waals surface area contributed by atoms with Gasteiger partial charge in [-0.25, -0.2) is 32.9 Å². The molecule has 2 N–H and O–H groups in total. The molecule has 0 amide bonds. The van der Waals surface area contributed by atoms with E-state index in [2.05, 4.69) is 25.1 Å². The average Bonchev–Trinajstić information content (AvgIpc) is 3.44. The molecule has 1 aromatic carbocycles. The Morgan fingerprint density at radius 3 is 2.40 bits per heavy atom. The van der Waals surface area contributed by atoms with Crippen LogP contribution in [0.5, 0.6) is 0 Å². The van der Waals surface area contributed by atoms with Gasteiger partial charge in [0.15, 0.2) is 11.6 Å². The lowest BCUT2D eigenvalue weighted by molar-refractivity contribution is -0.144. The van der Waals surface area contributed by atoms with Gasteiger partial charge in [0, 0.05) is 41.7 Å². The molecule has 0 radical (unpaired) electrons. The number of benzene rings is 1. The van der Waals surface area contributed by atoms with Crippen LogP contribution in [0, 0.1) is 11.6 Å². The van der Waals surface area contributed by atoms with E-state index in [1.165, 1.54) is 27.8 Å². The lowest BCUT2D eigenvalue weighted by Crippen LogP contribution is -2.10. The molecule has 178 valence electrons. The number of nitrogens with two attached hydrogens (primary N) is 1. The predicted molar refractivity (Wildman–Crippen MR) is 114 cm³/mol. The molecule has 0 fully saturated rings. The van der Waals surface area contributed by atoms with Gasteiger partial charge >= 0.3 is 6.18 Å². The summed E-state index contributed by atoms with van der Waals surface area (Å²) in [6.07, 6.45) is 1.81. The average molecular weight is 486 g/mol. The highest BCUT2D eigenvalue weighted by Crippen LogP contribution is 2.35. The number of nitrogen functional groups attached to an aromatic ring is 1. The van der Waals surface area contributed by atoms with Gasteiger partial charge in [0.1, 0.15) is 23.3 Å². The Balaban J connectivity index is 1.58. The fraction of sp³-hybridized carbons (Fsp3) is 0.136. The number of aromatic nitrogens is 7. The van der Waals surface area contributed by atoms with E-state index in [4.69, 9.17) is 5.73 Å². The number of halogens is 5. The molecule has 0 aliphatic rings. The highest BCUT2D eigenvalue weighted by molar-refractivity contribution is 5.88. The third-order valence-corrected chi connectivity index (χ3v) is 5.53. The predicted octanol–water partition coefficient (Wildman–Crippen LogP) is 4.40. The number of nitrogens with zero attached hydrogens (tertiary/aromatic N) is 7. The van der Waals surface area contributed by atoms with E-state index in [-0.39, 0.29) is 17.4 Å². The fourth-order valence-electron chi connectivity index (χ4n) is 3.76. The topological polar surface area (TPSA) is 99.8 Å².